The minimum absolute atomic E-state index is 0. The number of hydrogen-bond acceptors (Lipinski definition) is 5. The third-order valence-corrected chi connectivity index (χ3v) is 5.13. The summed E-state index contributed by atoms with van der Waals surface area (Å²) in [6, 6.07) is 17.9. The number of halogens is 2. The summed E-state index contributed by atoms with van der Waals surface area (Å²) in [5.41, 5.74) is 8.18. The molecule has 0 aliphatic rings. The Balaban J connectivity index is 0.00000342. The average molecular weight is 547 g/mol. The molecule has 196 valence electrons. The van der Waals surface area contributed by atoms with Gasteiger partial charge in [-0.2, -0.15) is 0 Å². The first-order valence-electron chi connectivity index (χ1n) is 10.8. The molecule has 0 saturated carbocycles. The Labute approximate surface area is 226 Å². The fraction of sp³-hybridized carbons (Fsp3) is 0.154. The molecule has 3 aromatic carbocycles. The van der Waals surface area contributed by atoms with Gasteiger partial charge in [0.2, 0.25) is 0 Å². The lowest BCUT2D eigenvalue weighted by Gasteiger charge is -2.15. The van der Waals surface area contributed by atoms with Gasteiger partial charge in [-0.15, -0.1) is 24.8 Å². The molecule has 3 rings (SSSR count). The molecule has 11 heteroatoms. The lowest BCUT2D eigenvalue weighted by Crippen LogP contribution is -2.18. The summed E-state index contributed by atoms with van der Waals surface area (Å²) in [7, 11) is 0. The van der Waals surface area contributed by atoms with Gasteiger partial charge in [0.25, 0.3) is 11.8 Å². The SMILES string of the molecule is CC(C)c1ccc(C(=O)Nc2cc(OCC(=O)O)ccc2NC(=O)c2cccc(C(=N)N)c2)cc1.Cl.Cl. The Kier molecular flexibility index (Phi) is 11.6. The van der Waals surface area contributed by atoms with Crippen molar-refractivity contribution in [2.75, 3.05) is 17.2 Å². The van der Waals surface area contributed by atoms with Crippen molar-refractivity contribution in [1.82, 2.24) is 0 Å². The number of aliphatic carboxylic acids is 1. The monoisotopic (exact) mass is 546 g/mol. The highest BCUT2D eigenvalue weighted by Crippen LogP contribution is 2.29. The maximum absolute atomic E-state index is 12.9. The van der Waals surface area contributed by atoms with Gasteiger partial charge in [0, 0.05) is 22.8 Å². The molecule has 0 bridgehead atoms. The third-order valence-electron chi connectivity index (χ3n) is 5.13. The Morgan fingerprint density at radius 2 is 1.46 bits per heavy atom. The molecule has 0 radical (unpaired) electrons. The topological polar surface area (TPSA) is 155 Å². The number of rotatable bonds is 9. The Bertz CT molecular complexity index is 1280. The number of carbonyl (C=O) groups excluding carboxylic acids is 2. The van der Waals surface area contributed by atoms with Crippen LogP contribution in [-0.4, -0.2) is 35.3 Å². The molecule has 3 aromatic rings. The van der Waals surface area contributed by atoms with Gasteiger partial charge in [0.1, 0.15) is 11.6 Å². The fourth-order valence-electron chi connectivity index (χ4n) is 3.21. The van der Waals surface area contributed by atoms with E-state index in [9.17, 15) is 14.4 Å². The number of benzene rings is 3. The predicted octanol–water partition coefficient (Wildman–Crippen LogP) is 4.91. The van der Waals surface area contributed by atoms with Gasteiger partial charge in [-0.3, -0.25) is 15.0 Å². The lowest BCUT2D eigenvalue weighted by atomic mass is 10.0. The predicted molar refractivity (Wildman–Crippen MR) is 148 cm³/mol. The summed E-state index contributed by atoms with van der Waals surface area (Å²) in [4.78, 5) is 36.6. The van der Waals surface area contributed by atoms with Crippen LogP contribution in [0, 0.1) is 5.41 Å². The number of amidine groups is 1. The normalized spacial score (nSPS) is 9.92. The van der Waals surface area contributed by atoms with Gasteiger partial charge in [-0.1, -0.05) is 38.1 Å². The van der Waals surface area contributed by atoms with Gasteiger partial charge in [-0.05, 0) is 47.9 Å². The van der Waals surface area contributed by atoms with Gasteiger partial charge < -0.3 is 26.2 Å². The molecule has 0 aromatic heterocycles. The zero-order chi connectivity index (χ0) is 25.5. The highest BCUT2D eigenvalue weighted by atomic mass is 35.5. The van der Waals surface area contributed by atoms with Crippen molar-refractivity contribution >= 4 is 59.8 Å². The molecule has 0 spiro atoms. The number of ether oxygens (including phenoxy) is 1. The first kappa shape index (κ1) is 31.0. The average Bonchev–Trinajstić information content (AvgIpc) is 2.84. The van der Waals surface area contributed by atoms with Crippen molar-refractivity contribution in [2.24, 2.45) is 5.73 Å². The second kappa shape index (κ2) is 13.9. The van der Waals surface area contributed by atoms with Crippen LogP contribution in [0.15, 0.2) is 66.7 Å². The van der Waals surface area contributed by atoms with Crippen molar-refractivity contribution in [3.63, 3.8) is 0 Å². The number of carboxylic acid groups (broad SMARTS) is 1. The van der Waals surface area contributed by atoms with E-state index in [1.165, 1.54) is 24.3 Å². The number of amides is 2. The summed E-state index contributed by atoms with van der Waals surface area (Å²) < 4.78 is 5.22. The van der Waals surface area contributed by atoms with Crippen molar-refractivity contribution in [2.45, 2.75) is 19.8 Å². The maximum Gasteiger partial charge on any atom is 0.341 e. The molecule has 0 saturated heterocycles. The molecular weight excluding hydrogens is 519 g/mol. The molecule has 37 heavy (non-hydrogen) atoms. The van der Waals surface area contributed by atoms with Crippen molar-refractivity contribution < 1.29 is 24.2 Å². The van der Waals surface area contributed by atoms with Crippen LogP contribution < -0.4 is 21.1 Å². The number of carbonyl (C=O) groups is 3. The lowest BCUT2D eigenvalue weighted by molar-refractivity contribution is -0.139. The molecule has 2 amide bonds. The van der Waals surface area contributed by atoms with Crippen LogP contribution >= 0.6 is 24.8 Å². The third kappa shape index (κ3) is 8.52. The molecule has 9 nitrogen and oxygen atoms in total. The van der Waals surface area contributed by atoms with Gasteiger partial charge >= 0.3 is 5.97 Å². The Morgan fingerprint density at radius 3 is 2.05 bits per heavy atom. The molecule has 0 atom stereocenters. The van der Waals surface area contributed by atoms with Gasteiger partial charge in [0.05, 0.1) is 11.4 Å². The van der Waals surface area contributed by atoms with Crippen molar-refractivity contribution in [3.05, 3.63) is 89.0 Å². The summed E-state index contributed by atoms with van der Waals surface area (Å²) in [6.07, 6.45) is 0. The second-order valence-corrected chi connectivity index (χ2v) is 8.07. The van der Waals surface area contributed by atoms with E-state index in [1.54, 1.807) is 30.3 Å². The molecule has 0 heterocycles. The number of nitrogens with two attached hydrogens (primary N) is 1. The summed E-state index contributed by atoms with van der Waals surface area (Å²) in [6.45, 7) is 3.55. The van der Waals surface area contributed by atoms with Crippen molar-refractivity contribution in [1.29, 1.82) is 5.41 Å². The highest BCUT2D eigenvalue weighted by molar-refractivity contribution is 6.10. The maximum atomic E-state index is 12.9. The van der Waals surface area contributed by atoms with Crippen LogP contribution in [0.3, 0.4) is 0 Å². The van der Waals surface area contributed by atoms with Crippen LogP contribution in [0.2, 0.25) is 0 Å². The zero-order valence-electron chi connectivity index (χ0n) is 20.1. The number of nitrogen functional groups attached to an aromatic ring is 1. The minimum Gasteiger partial charge on any atom is -0.482 e. The van der Waals surface area contributed by atoms with Crippen LogP contribution in [-0.2, 0) is 4.79 Å². The first-order valence-corrected chi connectivity index (χ1v) is 10.8. The van der Waals surface area contributed by atoms with Crippen molar-refractivity contribution in [3.8, 4) is 5.75 Å². The molecule has 0 unspecified atom stereocenters. The Morgan fingerprint density at radius 1 is 0.865 bits per heavy atom. The zero-order valence-corrected chi connectivity index (χ0v) is 21.7. The molecule has 0 aliphatic carbocycles. The minimum atomic E-state index is -1.15. The highest BCUT2D eigenvalue weighted by Gasteiger charge is 2.15. The fourth-order valence-corrected chi connectivity index (χ4v) is 3.21. The largest absolute Gasteiger partial charge is 0.482 e. The molecule has 0 fully saturated rings. The summed E-state index contributed by atoms with van der Waals surface area (Å²) in [5, 5.41) is 21.9. The Hall–Kier alpha value is -4.08. The van der Waals surface area contributed by atoms with E-state index in [2.05, 4.69) is 24.5 Å². The molecule has 6 N–H and O–H groups in total. The van der Waals surface area contributed by atoms with E-state index in [4.69, 9.17) is 21.0 Å². The van der Waals surface area contributed by atoms with Gasteiger partial charge in [0.15, 0.2) is 6.61 Å². The van der Waals surface area contributed by atoms with E-state index in [1.807, 2.05) is 12.1 Å². The summed E-state index contributed by atoms with van der Waals surface area (Å²) >= 11 is 0. The first-order chi connectivity index (χ1) is 16.6. The van der Waals surface area contributed by atoms with E-state index < -0.39 is 24.4 Å². The van der Waals surface area contributed by atoms with Gasteiger partial charge in [-0.25, -0.2) is 4.79 Å². The summed E-state index contributed by atoms with van der Waals surface area (Å²) in [5.74, 6) is -1.69. The number of nitrogens with one attached hydrogen (secondary N) is 3. The second-order valence-electron chi connectivity index (χ2n) is 8.07. The number of carboxylic acids is 1. The molecular formula is C26H28Cl2N4O5. The van der Waals surface area contributed by atoms with Crippen LogP contribution in [0.4, 0.5) is 11.4 Å². The van der Waals surface area contributed by atoms with E-state index >= 15 is 0 Å². The molecule has 0 aliphatic heterocycles. The van der Waals surface area contributed by atoms with E-state index in [0.717, 1.165) is 5.56 Å². The number of anilines is 2. The van der Waals surface area contributed by atoms with Crippen LogP contribution in [0.1, 0.15) is 51.6 Å². The van der Waals surface area contributed by atoms with Crippen LogP contribution in [0.25, 0.3) is 0 Å². The van der Waals surface area contributed by atoms with E-state index in [0.29, 0.717) is 17.0 Å². The quantitative estimate of drug-likeness (QED) is 0.190. The smallest absolute Gasteiger partial charge is 0.341 e. The standard InChI is InChI=1S/C26H26N4O5.2ClH/c1-15(2)16-6-8-17(9-7-16)25(33)30-22-13-20(35-14-23(31)32)10-11-21(22)29-26(34)19-5-3-4-18(12-19)24(27)28;;/h3-13,15H,14H2,1-2H3,(H3,27,28)(H,29,34)(H,30,33)(H,31,32);2*1H. The van der Waals surface area contributed by atoms with Crippen LogP contribution in [0.5, 0.6) is 5.75 Å². The van der Waals surface area contributed by atoms with E-state index in [-0.39, 0.29) is 53.3 Å². The number of hydrogen-bond donors (Lipinski definition) is 5.